The fraction of sp³-hybridized carbons (Fsp3) is 0.417. The zero-order chi connectivity index (χ0) is 21.3. The number of fused-ring (bicyclic) bond motifs is 1. The summed E-state index contributed by atoms with van der Waals surface area (Å²) >= 11 is 0. The highest BCUT2D eigenvalue weighted by Crippen LogP contribution is 2.36. The van der Waals surface area contributed by atoms with Crippen molar-refractivity contribution in [1.82, 2.24) is 5.32 Å². The molecule has 1 N–H and O–H groups in total. The van der Waals surface area contributed by atoms with Gasteiger partial charge in [0.2, 0.25) is 0 Å². The fourth-order valence-electron chi connectivity index (χ4n) is 3.58. The van der Waals surface area contributed by atoms with Crippen LogP contribution in [0.2, 0.25) is 0 Å². The quantitative estimate of drug-likeness (QED) is 0.604. The molecule has 3 rings (SSSR count). The highest BCUT2D eigenvalue weighted by Gasteiger charge is 2.22. The summed E-state index contributed by atoms with van der Waals surface area (Å²) in [4.78, 5) is 17.3. The van der Waals surface area contributed by atoms with Gasteiger partial charge in [-0.25, -0.2) is 0 Å². The monoisotopic (exact) mass is 410 g/mol. The molecule has 0 fully saturated rings. The molecule has 2 aromatic carbocycles. The van der Waals surface area contributed by atoms with Crippen molar-refractivity contribution >= 4 is 17.7 Å². The minimum absolute atomic E-state index is 0.155. The van der Waals surface area contributed by atoms with E-state index in [0.29, 0.717) is 17.9 Å². The van der Waals surface area contributed by atoms with Gasteiger partial charge in [0.15, 0.2) is 11.5 Å². The number of nitrogens with zero attached hydrogens (tertiary/aromatic N) is 1. The molecule has 0 radical (unpaired) electrons. The van der Waals surface area contributed by atoms with Crippen LogP contribution in [-0.2, 0) is 17.6 Å². The number of hydrogen-bond donors (Lipinski definition) is 1. The van der Waals surface area contributed by atoms with Crippen molar-refractivity contribution in [3.8, 4) is 17.2 Å². The van der Waals surface area contributed by atoms with Crippen molar-refractivity contribution in [2.24, 2.45) is 10.9 Å². The number of benzene rings is 2. The molecule has 6 nitrogen and oxygen atoms in total. The number of ketones is 1. The van der Waals surface area contributed by atoms with Gasteiger partial charge in [0.1, 0.15) is 11.5 Å². The van der Waals surface area contributed by atoms with Gasteiger partial charge in [-0.3, -0.25) is 9.79 Å². The molecule has 1 unspecified atom stereocenters. The summed E-state index contributed by atoms with van der Waals surface area (Å²) in [6.45, 7) is 1.78. The Kier molecular flexibility index (Phi) is 7.85. The lowest BCUT2D eigenvalue weighted by atomic mass is 9.95. The standard InChI is InChI=1S/C24H30N2O4/c1-28-20-8-6-17(7-9-20)10-12-25-11-4-5-18-16-26-21-15-24(30-3)23(29-2)14-19(21)13-22(18)27/h6-9,14-16,18,25H,4-5,10-13H2,1-3H3. The maximum Gasteiger partial charge on any atom is 0.162 e. The smallest absolute Gasteiger partial charge is 0.162 e. The molecular weight excluding hydrogens is 380 g/mol. The van der Waals surface area contributed by atoms with E-state index in [0.717, 1.165) is 49.4 Å². The van der Waals surface area contributed by atoms with E-state index in [-0.39, 0.29) is 11.7 Å². The SMILES string of the molecule is COc1ccc(CCNCCCC2C=Nc3cc(OC)c(OC)cc3CC2=O)cc1. The summed E-state index contributed by atoms with van der Waals surface area (Å²) in [5.41, 5.74) is 2.94. The normalized spacial score (nSPS) is 15.4. The minimum Gasteiger partial charge on any atom is -0.497 e. The Morgan fingerprint density at radius 1 is 1.00 bits per heavy atom. The van der Waals surface area contributed by atoms with Gasteiger partial charge in [-0.05, 0) is 61.7 Å². The van der Waals surface area contributed by atoms with Crippen molar-refractivity contribution in [2.45, 2.75) is 25.7 Å². The van der Waals surface area contributed by atoms with Crippen molar-refractivity contribution in [2.75, 3.05) is 34.4 Å². The Bertz CT molecular complexity index is 878. The highest BCUT2D eigenvalue weighted by molar-refractivity contribution is 5.99. The van der Waals surface area contributed by atoms with Crippen molar-refractivity contribution in [3.63, 3.8) is 0 Å². The first kappa shape index (κ1) is 21.8. The van der Waals surface area contributed by atoms with Crippen LogP contribution >= 0.6 is 0 Å². The van der Waals surface area contributed by atoms with Crippen LogP contribution in [0.3, 0.4) is 0 Å². The molecule has 1 aliphatic heterocycles. The Morgan fingerprint density at radius 2 is 1.73 bits per heavy atom. The number of Topliss-reactive ketones (excluding diaryl/α,β-unsaturated/α-hetero) is 1. The number of aliphatic imine (C=N–C) groups is 1. The second-order valence-electron chi connectivity index (χ2n) is 7.35. The van der Waals surface area contributed by atoms with E-state index in [1.54, 1.807) is 27.5 Å². The lowest BCUT2D eigenvalue weighted by Crippen LogP contribution is -2.22. The van der Waals surface area contributed by atoms with Crippen LogP contribution in [0.4, 0.5) is 5.69 Å². The van der Waals surface area contributed by atoms with Gasteiger partial charge >= 0.3 is 0 Å². The first-order valence-electron chi connectivity index (χ1n) is 10.3. The van der Waals surface area contributed by atoms with Crippen molar-refractivity contribution in [1.29, 1.82) is 0 Å². The summed E-state index contributed by atoms with van der Waals surface area (Å²) in [5, 5.41) is 3.46. The van der Waals surface area contributed by atoms with E-state index in [9.17, 15) is 4.79 Å². The van der Waals surface area contributed by atoms with Crippen molar-refractivity contribution < 1.29 is 19.0 Å². The molecule has 0 aromatic heterocycles. The number of methoxy groups -OCH3 is 3. The molecule has 0 saturated heterocycles. The lowest BCUT2D eigenvalue weighted by Gasteiger charge is -2.11. The van der Waals surface area contributed by atoms with Crippen LogP contribution in [0.25, 0.3) is 0 Å². The third-order valence-electron chi connectivity index (χ3n) is 5.37. The number of hydrogen-bond acceptors (Lipinski definition) is 6. The molecule has 6 heteroatoms. The van der Waals surface area contributed by atoms with Gasteiger partial charge in [0, 0.05) is 18.7 Å². The Balaban J connectivity index is 1.45. The predicted molar refractivity (Wildman–Crippen MR) is 119 cm³/mol. The molecule has 1 heterocycles. The number of nitrogens with one attached hydrogen (secondary N) is 1. The molecule has 0 spiro atoms. The summed E-state index contributed by atoms with van der Waals surface area (Å²) in [6, 6.07) is 11.8. The zero-order valence-electron chi connectivity index (χ0n) is 17.9. The van der Waals surface area contributed by atoms with E-state index in [1.165, 1.54) is 5.56 Å². The number of carbonyl (C=O) groups excluding carboxylic acids is 1. The Hall–Kier alpha value is -2.86. The molecule has 2 aromatic rings. The van der Waals surface area contributed by atoms with Gasteiger partial charge < -0.3 is 19.5 Å². The average Bonchev–Trinajstić information content (AvgIpc) is 2.93. The number of carbonyl (C=O) groups is 1. The fourth-order valence-corrected chi connectivity index (χ4v) is 3.58. The van der Waals surface area contributed by atoms with E-state index in [1.807, 2.05) is 24.3 Å². The lowest BCUT2D eigenvalue weighted by molar-refractivity contribution is -0.120. The zero-order valence-corrected chi connectivity index (χ0v) is 17.9. The molecule has 1 aliphatic rings. The van der Waals surface area contributed by atoms with Crippen LogP contribution in [0.15, 0.2) is 41.4 Å². The summed E-state index contributed by atoms with van der Waals surface area (Å²) in [6.07, 6.45) is 4.84. The summed E-state index contributed by atoms with van der Waals surface area (Å²) in [5.74, 6) is 2.17. The van der Waals surface area contributed by atoms with Gasteiger partial charge in [-0.15, -0.1) is 0 Å². The second kappa shape index (κ2) is 10.8. The molecule has 1 atom stereocenters. The van der Waals surface area contributed by atoms with Crippen LogP contribution in [-0.4, -0.2) is 46.4 Å². The maximum absolute atomic E-state index is 12.7. The second-order valence-corrected chi connectivity index (χ2v) is 7.35. The summed E-state index contributed by atoms with van der Waals surface area (Å²) < 4.78 is 15.9. The molecule has 0 amide bonds. The van der Waals surface area contributed by atoms with Gasteiger partial charge in [-0.2, -0.15) is 0 Å². The highest BCUT2D eigenvalue weighted by atomic mass is 16.5. The number of rotatable bonds is 10. The molecule has 0 saturated carbocycles. The Labute approximate surface area is 178 Å². The molecule has 160 valence electrons. The van der Waals surface area contributed by atoms with E-state index in [4.69, 9.17) is 14.2 Å². The van der Waals surface area contributed by atoms with Gasteiger partial charge in [-0.1, -0.05) is 12.1 Å². The van der Waals surface area contributed by atoms with E-state index in [2.05, 4.69) is 22.4 Å². The topological polar surface area (TPSA) is 69.2 Å². The maximum atomic E-state index is 12.7. The molecular formula is C24H30N2O4. The van der Waals surface area contributed by atoms with Crippen LogP contribution in [0, 0.1) is 5.92 Å². The number of ether oxygens (including phenoxy) is 3. The van der Waals surface area contributed by atoms with E-state index >= 15 is 0 Å². The van der Waals surface area contributed by atoms with Crippen LogP contribution < -0.4 is 19.5 Å². The third kappa shape index (κ3) is 5.60. The minimum atomic E-state index is -0.155. The predicted octanol–water partition coefficient (Wildman–Crippen LogP) is 3.77. The summed E-state index contributed by atoms with van der Waals surface area (Å²) in [7, 11) is 4.86. The van der Waals surface area contributed by atoms with Crippen LogP contribution in [0.1, 0.15) is 24.0 Å². The van der Waals surface area contributed by atoms with Crippen molar-refractivity contribution in [3.05, 3.63) is 47.5 Å². The largest absolute Gasteiger partial charge is 0.497 e. The van der Waals surface area contributed by atoms with Gasteiger partial charge in [0.05, 0.1) is 32.9 Å². The van der Waals surface area contributed by atoms with Gasteiger partial charge in [0.25, 0.3) is 0 Å². The Morgan fingerprint density at radius 3 is 2.43 bits per heavy atom. The average molecular weight is 411 g/mol. The molecule has 30 heavy (non-hydrogen) atoms. The van der Waals surface area contributed by atoms with Crippen LogP contribution in [0.5, 0.6) is 17.2 Å². The molecule has 0 bridgehead atoms. The first-order chi connectivity index (χ1) is 14.6. The first-order valence-corrected chi connectivity index (χ1v) is 10.3. The third-order valence-corrected chi connectivity index (χ3v) is 5.37. The van der Waals surface area contributed by atoms with E-state index < -0.39 is 0 Å². The molecule has 0 aliphatic carbocycles.